The van der Waals surface area contributed by atoms with Gasteiger partial charge in [0.25, 0.3) is 0 Å². The predicted octanol–water partition coefficient (Wildman–Crippen LogP) is 4.03. The van der Waals surface area contributed by atoms with Gasteiger partial charge in [0.1, 0.15) is 6.10 Å². The second-order valence-electron chi connectivity index (χ2n) is 7.13. The third-order valence-electron chi connectivity index (χ3n) is 5.07. The summed E-state index contributed by atoms with van der Waals surface area (Å²) >= 11 is 0. The molecule has 1 unspecified atom stereocenters. The largest absolute Gasteiger partial charge is 0.473 e. The van der Waals surface area contributed by atoms with E-state index in [1.54, 1.807) is 12.1 Å². The van der Waals surface area contributed by atoms with Crippen molar-refractivity contribution in [2.24, 2.45) is 0 Å². The number of nitrogens with zero attached hydrogens (tertiary/aromatic N) is 2. The maximum atomic E-state index is 12.9. The van der Waals surface area contributed by atoms with Crippen LogP contribution >= 0.6 is 0 Å². The molecule has 6 heteroatoms. The van der Waals surface area contributed by atoms with Crippen LogP contribution < -0.4 is 4.74 Å². The van der Waals surface area contributed by atoms with Gasteiger partial charge in [0.05, 0.1) is 17.0 Å². The van der Waals surface area contributed by atoms with Crippen molar-refractivity contribution in [3.63, 3.8) is 0 Å². The zero-order valence-electron chi connectivity index (χ0n) is 15.9. The second kappa shape index (κ2) is 7.89. The lowest BCUT2D eigenvalue weighted by molar-refractivity contribution is 0.207. The van der Waals surface area contributed by atoms with E-state index in [4.69, 9.17) is 4.74 Å². The summed E-state index contributed by atoms with van der Waals surface area (Å²) < 4.78 is 33.3. The van der Waals surface area contributed by atoms with Gasteiger partial charge in [0.15, 0.2) is 0 Å². The Balaban J connectivity index is 1.45. The molecule has 0 aliphatic carbocycles. The first-order valence-electron chi connectivity index (χ1n) is 9.68. The quantitative estimate of drug-likeness (QED) is 0.631. The number of para-hydroxylation sites is 1. The number of pyridine rings is 1. The van der Waals surface area contributed by atoms with Crippen molar-refractivity contribution < 1.29 is 13.2 Å². The standard InChI is InChI=1S/C22H24N2O3S/c1-2-5-17-8-11-20(12-9-17)28(25,26)24-15-14-19(16-24)27-22-13-10-18-6-3-4-7-21(18)23-22/h3-4,6-13,19H,2,5,14-16H2,1H3. The second-order valence-corrected chi connectivity index (χ2v) is 9.07. The van der Waals surface area contributed by atoms with E-state index in [1.165, 1.54) is 4.31 Å². The highest BCUT2D eigenvalue weighted by molar-refractivity contribution is 7.89. The Hall–Kier alpha value is -2.44. The van der Waals surface area contributed by atoms with E-state index in [0.717, 1.165) is 29.3 Å². The van der Waals surface area contributed by atoms with Gasteiger partial charge in [0.2, 0.25) is 15.9 Å². The van der Waals surface area contributed by atoms with Crippen LogP contribution in [0, 0.1) is 0 Å². The third-order valence-corrected chi connectivity index (χ3v) is 6.95. The van der Waals surface area contributed by atoms with Gasteiger partial charge >= 0.3 is 0 Å². The number of aromatic nitrogens is 1. The van der Waals surface area contributed by atoms with Crippen LogP contribution in [-0.2, 0) is 16.4 Å². The Morgan fingerprint density at radius 1 is 1.07 bits per heavy atom. The number of sulfonamides is 1. The molecule has 1 aliphatic rings. The predicted molar refractivity (Wildman–Crippen MR) is 110 cm³/mol. The summed E-state index contributed by atoms with van der Waals surface area (Å²) in [7, 11) is -3.50. The molecular formula is C22H24N2O3S. The molecule has 4 rings (SSSR count). The van der Waals surface area contributed by atoms with E-state index in [-0.39, 0.29) is 6.10 Å². The summed E-state index contributed by atoms with van der Waals surface area (Å²) in [6.07, 6.45) is 2.46. The Bertz CT molecular complexity index is 1060. The monoisotopic (exact) mass is 396 g/mol. The molecule has 3 aromatic rings. The van der Waals surface area contributed by atoms with Crippen molar-refractivity contribution in [3.8, 4) is 5.88 Å². The number of hydrogen-bond acceptors (Lipinski definition) is 4. The number of fused-ring (bicyclic) bond motifs is 1. The molecule has 28 heavy (non-hydrogen) atoms. The van der Waals surface area contributed by atoms with Crippen LogP contribution in [0.1, 0.15) is 25.3 Å². The van der Waals surface area contributed by atoms with Gasteiger partial charge in [-0.25, -0.2) is 13.4 Å². The average molecular weight is 397 g/mol. The van der Waals surface area contributed by atoms with Crippen LogP contribution in [0.15, 0.2) is 65.6 Å². The molecule has 1 aromatic heterocycles. The SMILES string of the molecule is CCCc1ccc(S(=O)(=O)N2CCC(Oc3ccc4ccccc4n3)C2)cc1. The maximum Gasteiger partial charge on any atom is 0.243 e. The average Bonchev–Trinajstić information content (AvgIpc) is 3.18. The lowest BCUT2D eigenvalue weighted by Gasteiger charge is -2.17. The van der Waals surface area contributed by atoms with Crippen LogP contribution in [-0.4, -0.2) is 36.9 Å². The summed E-state index contributed by atoms with van der Waals surface area (Å²) in [4.78, 5) is 4.87. The van der Waals surface area contributed by atoms with E-state index >= 15 is 0 Å². The summed E-state index contributed by atoms with van der Waals surface area (Å²) in [5.74, 6) is 0.534. The van der Waals surface area contributed by atoms with Crippen molar-refractivity contribution in [1.82, 2.24) is 9.29 Å². The van der Waals surface area contributed by atoms with Gasteiger partial charge in [-0.15, -0.1) is 0 Å². The number of ether oxygens (including phenoxy) is 1. The summed E-state index contributed by atoms with van der Waals surface area (Å²) in [6, 6.07) is 18.9. The number of benzene rings is 2. The number of hydrogen-bond donors (Lipinski definition) is 0. The molecule has 0 spiro atoms. The van der Waals surface area contributed by atoms with Gasteiger partial charge in [0, 0.05) is 18.0 Å². The first-order chi connectivity index (χ1) is 13.6. The minimum atomic E-state index is -3.50. The molecule has 1 saturated heterocycles. The van der Waals surface area contributed by atoms with E-state index in [1.807, 2.05) is 48.5 Å². The van der Waals surface area contributed by atoms with Crippen LogP contribution in [0.4, 0.5) is 0 Å². The highest BCUT2D eigenvalue weighted by Crippen LogP contribution is 2.25. The van der Waals surface area contributed by atoms with Gasteiger partial charge in [-0.1, -0.05) is 43.7 Å². The molecule has 0 amide bonds. The van der Waals surface area contributed by atoms with Crippen molar-refractivity contribution in [2.45, 2.75) is 37.2 Å². The zero-order valence-corrected chi connectivity index (χ0v) is 16.7. The fourth-order valence-corrected chi connectivity index (χ4v) is 5.05. The van der Waals surface area contributed by atoms with E-state index in [2.05, 4.69) is 11.9 Å². The Morgan fingerprint density at radius 3 is 2.64 bits per heavy atom. The van der Waals surface area contributed by atoms with Crippen molar-refractivity contribution in [3.05, 3.63) is 66.2 Å². The topological polar surface area (TPSA) is 59.5 Å². The molecule has 1 aliphatic heterocycles. The number of rotatable bonds is 6. The summed E-state index contributed by atoms with van der Waals surface area (Å²) in [5, 5.41) is 1.05. The highest BCUT2D eigenvalue weighted by Gasteiger charge is 2.33. The molecule has 0 bridgehead atoms. The summed E-state index contributed by atoms with van der Waals surface area (Å²) in [6.45, 7) is 2.91. The van der Waals surface area contributed by atoms with E-state index in [9.17, 15) is 8.42 Å². The van der Waals surface area contributed by atoms with Gasteiger partial charge in [-0.2, -0.15) is 4.31 Å². The maximum absolute atomic E-state index is 12.9. The van der Waals surface area contributed by atoms with Crippen molar-refractivity contribution >= 4 is 20.9 Å². The Labute approximate surface area is 166 Å². The number of aryl methyl sites for hydroxylation is 1. The molecule has 146 valence electrons. The molecular weight excluding hydrogens is 372 g/mol. The first kappa shape index (κ1) is 18.9. The molecule has 1 atom stereocenters. The fourth-order valence-electron chi connectivity index (χ4n) is 3.56. The van der Waals surface area contributed by atoms with Crippen LogP contribution in [0.5, 0.6) is 5.88 Å². The normalized spacial score (nSPS) is 17.8. The Morgan fingerprint density at radius 2 is 1.86 bits per heavy atom. The minimum Gasteiger partial charge on any atom is -0.473 e. The smallest absolute Gasteiger partial charge is 0.243 e. The molecule has 2 aromatic carbocycles. The lowest BCUT2D eigenvalue weighted by atomic mass is 10.1. The third kappa shape index (κ3) is 3.88. The van der Waals surface area contributed by atoms with Crippen LogP contribution in [0.3, 0.4) is 0 Å². The van der Waals surface area contributed by atoms with Crippen molar-refractivity contribution in [2.75, 3.05) is 13.1 Å². The van der Waals surface area contributed by atoms with Crippen LogP contribution in [0.25, 0.3) is 10.9 Å². The van der Waals surface area contributed by atoms with Gasteiger partial charge in [-0.3, -0.25) is 0 Å². The molecule has 1 fully saturated rings. The zero-order chi connectivity index (χ0) is 19.6. The molecule has 0 N–H and O–H groups in total. The lowest BCUT2D eigenvalue weighted by Crippen LogP contribution is -2.31. The van der Waals surface area contributed by atoms with Crippen molar-refractivity contribution in [1.29, 1.82) is 0 Å². The Kier molecular flexibility index (Phi) is 5.33. The minimum absolute atomic E-state index is 0.192. The van der Waals surface area contributed by atoms with E-state index in [0.29, 0.717) is 30.3 Å². The molecule has 5 nitrogen and oxygen atoms in total. The first-order valence-corrected chi connectivity index (χ1v) is 11.1. The van der Waals surface area contributed by atoms with Crippen LogP contribution in [0.2, 0.25) is 0 Å². The van der Waals surface area contributed by atoms with Gasteiger partial charge in [-0.05, 0) is 42.7 Å². The molecule has 0 radical (unpaired) electrons. The van der Waals surface area contributed by atoms with E-state index < -0.39 is 10.0 Å². The molecule has 2 heterocycles. The molecule has 0 saturated carbocycles. The fraction of sp³-hybridized carbons (Fsp3) is 0.318. The van der Waals surface area contributed by atoms with Gasteiger partial charge < -0.3 is 4.74 Å². The summed E-state index contributed by atoms with van der Waals surface area (Å²) in [5.41, 5.74) is 2.03. The highest BCUT2D eigenvalue weighted by atomic mass is 32.2.